The third-order valence-electron chi connectivity index (χ3n) is 1.30. The molecule has 3 heteroatoms. The fraction of sp³-hybridized carbons (Fsp3) is 0.250. The monoisotopic (exact) mass is 214 g/mol. The minimum Gasteiger partial charge on any atom is -0.384 e. The lowest BCUT2D eigenvalue weighted by atomic mass is 10.3. The molecule has 0 aliphatic carbocycles. The molecule has 0 spiro atoms. The second-order valence-electron chi connectivity index (χ2n) is 2.23. The van der Waals surface area contributed by atoms with Crippen molar-refractivity contribution < 1.29 is 0 Å². The maximum Gasteiger partial charge on any atom is 0.0351 e. The van der Waals surface area contributed by atoms with Gasteiger partial charge in [0, 0.05) is 23.2 Å². The maximum absolute atomic E-state index is 5.34. The highest BCUT2D eigenvalue weighted by atomic mass is 79.9. The Kier molecular flexibility index (Phi) is 3.39. The molecule has 60 valence electrons. The second kappa shape index (κ2) is 4.36. The molecule has 0 saturated heterocycles. The summed E-state index contributed by atoms with van der Waals surface area (Å²) in [5.41, 5.74) is 6.44. The average molecular weight is 215 g/mol. The fourth-order valence-electron chi connectivity index (χ4n) is 0.815. The van der Waals surface area contributed by atoms with Gasteiger partial charge in [-0.25, -0.2) is 0 Å². The van der Waals surface area contributed by atoms with Gasteiger partial charge in [-0.2, -0.15) is 0 Å². The van der Waals surface area contributed by atoms with Gasteiger partial charge in [-0.1, -0.05) is 22.0 Å². The lowest BCUT2D eigenvalue weighted by Crippen LogP contribution is -2.12. The van der Waals surface area contributed by atoms with E-state index in [1.54, 1.807) is 0 Å². The molecule has 11 heavy (non-hydrogen) atoms. The van der Waals surface area contributed by atoms with Crippen LogP contribution >= 0.6 is 15.9 Å². The van der Waals surface area contributed by atoms with Gasteiger partial charge in [0.1, 0.15) is 0 Å². The van der Waals surface area contributed by atoms with Crippen LogP contribution in [0.1, 0.15) is 0 Å². The summed E-state index contributed by atoms with van der Waals surface area (Å²) in [4.78, 5) is 0. The SMILES string of the molecule is NCCNc1cccc(Br)c1. The topological polar surface area (TPSA) is 38.0 Å². The molecule has 3 N–H and O–H groups in total. The lowest BCUT2D eigenvalue weighted by molar-refractivity contribution is 1.02. The molecule has 1 rings (SSSR count). The molecule has 0 amide bonds. The van der Waals surface area contributed by atoms with E-state index in [9.17, 15) is 0 Å². The van der Waals surface area contributed by atoms with Crippen LogP contribution in [0.25, 0.3) is 0 Å². The van der Waals surface area contributed by atoms with Gasteiger partial charge in [-0.3, -0.25) is 0 Å². The van der Waals surface area contributed by atoms with Gasteiger partial charge in [-0.05, 0) is 18.2 Å². The molecule has 0 unspecified atom stereocenters. The lowest BCUT2D eigenvalue weighted by Gasteiger charge is -2.03. The molecule has 2 nitrogen and oxygen atoms in total. The number of rotatable bonds is 3. The van der Waals surface area contributed by atoms with Gasteiger partial charge in [0.2, 0.25) is 0 Å². The highest BCUT2D eigenvalue weighted by Crippen LogP contribution is 2.14. The summed E-state index contributed by atoms with van der Waals surface area (Å²) < 4.78 is 1.08. The quantitative estimate of drug-likeness (QED) is 0.806. The molecule has 0 radical (unpaired) electrons. The molecular formula is C8H11BrN2. The summed E-state index contributed by atoms with van der Waals surface area (Å²) >= 11 is 3.38. The zero-order chi connectivity index (χ0) is 8.10. The normalized spacial score (nSPS) is 9.64. The van der Waals surface area contributed by atoms with Crippen LogP contribution in [-0.2, 0) is 0 Å². The summed E-state index contributed by atoms with van der Waals surface area (Å²) in [5, 5.41) is 3.18. The van der Waals surface area contributed by atoms with Crippen LogP contribution in [0, 0.1) is 0 Å². The van der Waals surface area contributed by atoms with Crippen LogP contribution in [0.15, 0.2) is 28.7 Å². The molecule has 0 aliphatic heterocycles. The number of hydrogen-bond donors (Lipinski definition) is 2. The van der Waals surface area contributed by atoms with Crippen LogP contribution in [0.3, 0.4) is 0 Å². The highest BCUT2D eigenvalue weighted by molar-refractivity contribution is 9.10. The number of hydrogen-bond acceptors (Lipinski definition) is 2. The highest BCUT2D eigenvalue weighted by Gasteiger charge is 1.89. The Hall–Kier alpha value is -0.540. The number of anilines is 1. The first-order valence-electron chi connectivity index (χ1n) is 3.52. The van der Waals surface area contributed by atoms with Crippen molar-refractivity contribution in [3.8, 4) is 0 Å². The molecule has 0 fully saturated rings. The molecule has 1 aromatic carbocycles. The predicted octanol–water partition coefficient (Wildman–Crippen LogP) is 1.82. The molecule has 0 heterocycles. The number of nitrogens with two attached hydrogens (primary N) is 1. The second-order valence-corrected chi connectivity index (χ2v) is 3.14. The van der Waals surface area contributed by atoms with Gasteiger partial charge >= 0.3 is 0 Å². The van der Waals surface area contributed by atoms with E-state index in [1.165, 1.54) is 0 Å². The summed E-state index contributed by atoms with van der Waals surface area (Å²) in [6.45, 7) is 1.48. The smallest absolute Gasteiger partial charge is 0.0351 e. The van der Waals surface area contributed by atoms with Crippen molar-refractivity contribution in [2.75, 3.05) is 18.4 Å². The Morgan fingerprint density at radius 2 is 2.27 bits per heavy atom. The minimum atomic E-state index is 0.659. The van der Waals surface area contributed by atoms with E-state index in [0.29, 0.717) is 6.54 Å². The van der Waals surface area contributed by atoms with Crippen molar-refractivity contribution in [2.45, 2.75) is 0 Å². The van der Waals surface area contributed by atoms with E-state index in [1.807, 2.05) is 24.3 Å². The largest absolute Gasteiger partial charge is 0.384 e. The molecule has 0 atom stereocenters. The van der Waals surface area contributed by atoms with Crippen LogP contribution in [0.4, 0.5) is 5.69 Å². The van der Waals surface area contributed by atoms with Crippen LogP contribution in [-0.4, -0.2) is 13.1 Å². The molecule has 0 aliphatic rings. The van der Waals surface area contributed by atoms with Gasteiger partial charge in [0.25, 0.3) is 0 Å². The molecular weight excluding hydrogens is 204 g/mol. The number of benzene rings is 1. The molecule has 0 aromatic heterocycles. The van der Waals surface area contributed by atoms with Crippen molar-refractivity contribution in [2.24, 2.45) is 5.73 Å². The van der Waals surface area contributed by atoms with Gasteiger partial charge in [0.15, 0.2) is 0 Å². The summed E-state index contributed by atoms with van der Waals surface area (Å²) in [6, 6.07) is 8.02. The average Bonchev–Trinajstić information content (AvgIpc) is 2.01. The van der Waals surface area contributed by atoms with E-state index in [0.717, 1.165) is 16.7 Å². The van der Waals surface area contributed by atoms with Gasteiger partial charge in [-0.15, -0.1) is 0 Å². The Morgan fingerprint density at radius 3 is 2.91 bits per heavy atom. The Morgan fingerprint density at radius 1 is 1.45 bits per heavy atom. The van der Waals surface area contributed by atoms with Crippen molar-refractivity contribution in [1.82, 2.24) is 0 Å². The first kappa shape index (κ1) is 8.56. The van der Waals surface area contributed by atoms with Crippen LogP contribution < -0.4 is 11.1 Å². The van der Waals surface area contributed by atoms with E-state index in [2.05, 4.69) is 21.2 Å². The number of nitrogens with one attached hydrogen (secondary N) is 1. The first-order valence-corrected chi connectivity index (χ1v) is 4.32. The molecule has 0 saturated carbocycles. The summed E-state index contributed by atoms with van der Waals surface area (Å²) in [7, 11) is 0. The van der Waals surface area contributed by atoms with E-state index in [-0.39, 0.29) is 0 Å². The zero-order valence-corrected chi connectivity index (χ0v) is 7.76. The fourth-order valence-corrected chi connectivity index (χ4v) is 1.21. The van der Waals surface area contributed by atoms with Crippen molar-refractivity contribution in [1.29, 1.82) is 0 Å². The van der Waals surface area contributed by atoms with E-state index >= 15 is 0 Å². The van der Waals surface area contributed by atoms with Crippen molar-refractivity contribution in [3.63, 3.8) is 0 Å². The summed E-state index contributed by atoms with van der Waals surface area (Å²) in [5.74, 6) is 0. The van der Waals surface area contributed by atoms with Gasteiger partial charge in [0.05, 0.1) is 0 Å². The third-order valence-corrected chi connectivity index (χ3v) is 1.79. The standard InChI is InChI=1S/C8H11BrN2/c9-7-2-1-3-8(6-7)11-5-4-10/h1-3,6,11H,4-5,10H2. The van der Waals surface area contributed by atoms with Crippen LogP contribution in [0.5, 0.6) is 0 Å². The Labute approximate surface area is 74.9 Å². The third kappa shape index (κ3) is 2.91. The number of halogens is 1. The van der Waals surface area contributed by atoms with Gasteiger partial charge < -0.3 is 11.1 Å². The summed E-state index contributed by atoms with van der Waals surface area (Å²) in [6.07, 6.45) is 0. The van der Waals surface area contributed by atoms with E-state index < -0.39 is 0 Å². The Balaban J connectivity index is 2.56. The Bertz CT molecular complexity index is 225. The molecule has 1 aromatic rings. The van der Waals surface area contributed by atoms with Crippen molar-refractivity contribution in [3.05, 3.63) is 28.7 Å². The molecule has 0 bridgehead atoms. The minimum absolute atomic E-state index is 0.659. The maximum atomic E-state index is 5.34. The van der Waals surface area contributed by atoms with Crippen molar-refractivity contribution >= 4 is 21.6 Å². The van der Waals surface area contributed by atoms with Crippen LogP contribution in [0.2, 0.25) is 0 Å². The predicted molar refractivity (Wildman–Crippen MR) is 51.7 cm³/mol. The first-order chi connectivity index (χ1) is 5.33. The van der Waals surface area contributed by atoms with E-state index in [4.69, 9.17) is 5.73 Å². The zero-order valence-electron chi connectivity index (χ0n) is 6.18.